The number of morpholine rings is 1. The Kier molecular flexibility index (Phi) is 4.17. The molecule has 0 radical (unpaired) electrons. The quantitative estimate of drug-likeness (QED) is 0.903. The van der Waals surface area contributed by atoms with Gasteiger partial charge in [0.15, 0.2) is 0 Å². The van der Waals surface area contributed by atoms with Crippen molar-refractivity contribution in [3.05, 3.63) is 36.3 Å². The summed E-state index contributed by atoms with van der Waals surface area (Å²) in [6.45, 7) is 6.06. The summed E-state index contributed by atoms with van der Waals surface area (Å²) in [5.41, 5.74) is 1.24. The number of imidazole rings is 1. The minimum Gasteiger partial charge on any atom is -0.379 e. The lowest BCUT2D eigenvalue weighted by molar-refractivity contribution is 0.000535. The molecule has 1 amide bonds. The minimum atomic E-state index is -0.125. The fourth-order valence-corrected chi connectivity index (χ4v) is 2.54. The molecule has 1 atom stereocenters. The maximum Gasteiger partial charge on any atom is 0.271 e. The first-order valence-electron chi connectivity index (χ1n) is 7.28. The van der Waals surface area contributed by atoms with Crippen molar-refractivity contribution in [2.75, 3.05) is 32.8 Å². The molecule has 1 N–H and O–H groups in total. The monoisotopic (exact) mass is 288 g/mol. The van der Waals surface area contributed by atoms with Gasteiger partial charge in [0, 0.05) is 38.1 Å². The van der Waals surface area contributed by atoms with Gasteiger partial charge in [0.1, 0.15) is 11.3 Å². The van der Waals surface area contributed by atoms with E-state index >= 15 is 0 Å². The fraction of sp³-hybridized carbons (Fsp3) is 0.467. The van der Waals surface area contributed by atoms with E-state index in [0.717, 1.165) is 32.0 Å². The summed E-state index contributed by atoms with van der Waals surface area (Å²) in [6, 6.07) is 6.11. The van der Waals surface area contributed by atoms with E-state index in [9.17, 15) is 4.79 Å². The molecule has 0 spiro atoms. The highest BCUT2D eigenvalue weighted by Gasteiger charge is 2.18. The Morgan fingerprint density at radius 2 is 2.43 bits per heavy atom. The third kappa shape index (κ3) is 3.22. The SMILES string of the molecule is CC1COCCN1CCNC(=O)c1cn2ccccc2n1. The van der Waals surface area contributed by atoms with Crippen LogP contribution in [0, 0.1) is 0 Å². The number of hydrogen-bond acceptors (Lipinski definition) is 4. The van der Waals surface area contributed by atoms with Gasteiger partial charge in [-0.3, -0.25) is 9.69 Å². The zero-order valence-electron chi connectivity index (χ0n) is 12.2. The Morgan fingerprint density at radius 3 is 3.24 bits per heavy atom. The highest BCUT2D eigenvalue weighted by Crippen LogP contribution is 2.06. The summed E-state index contributed by atoms with van der Waals surface area (Å²) in [7, 11) is 0. The summed E-state index contributed by atoms with van der Waals surface area (Å²) >= 11 is 0. The molecule has 1 fully saturated rings. The van der Waals surface area contributed by atoms with E-state index in [-0.39, 0.29) is 5.91 Å². The predicted octanol–water partition coefficient (Wildman–Crippen LogP) is 0.785. The molecule has 3 heterocycles. The third-order valence-corrected chi connectivity index (χ3v) is 3.79. The first-order valence-corrected chi connectivity index (χ1v) is 7.28. The van der Waals surface area contributed by atoms with E-state index in [2.05, 4.69) is 22.1 Å². The van der Waals surface area contributed by atoms with Crippen molar-refractivity contribution in [1.29, 1.82) is 0 Å². The van der Waals surface area contributed by atoms with E-state index < -0.39 is 0 Å². The van der Waals surface area contributed by atoms with Gasteiger partial charge in [-0.1, -0.05) is 6.07 Å². The van der Waals surface area contributed by atoms with E-state index in [1.165, 1.54) is 0 Å². The maximum atomic E-state index is 12.1. The summed E-state index contributed by atoms with van der Waals surface area (Å²) < 4.78 is 7.25. The van der Waals surface area contributed by atoms with Crippen molar-refractivity contribution in [3.8, 4) is 0 Å². The lowest BCUT2D eigenvalue weighted by Crippen LogP contribution is -2.46. The molecule has 21 heavy (non-hydrogen) atoms. The standard InChI is InChI=1S/C15H20N4O2/c1-12-11-21-9-8-18(12)7-5-16-15(20)13-10-19-6-3-2-4-14(19)17-13/h2-4,6,10,12H,5,7-9,11H2,1H3,(H,16,20). The van der Waals surface area contributed by atoms with Gasteiger partial charge >= 0.3 is 0 Å². The van der Waals surface area contributed by atoms with Gasteiger partial charge in [-0.25, -0.2) is 4.98 Å². The van der Waals surface area contributed by atoms with Crippen LogP contribution in [0.4, 0.5) is 0 Å². The largest absolute Gasteiger partial charge is 0.379 e. The molecule has 1 aliphatic heterocycles. The highest BCUT2D eigenvalue weighted by atomic mass is 16.5. The van der Waals surface area contributed by atoms with E-state index in [1.54, 1.807) is 6.20 Å². The van der Waals surface area contributed by atoms with Crippen molar-refractivity contribution >= 4 is 11.6 Å². The number of hydrogen-bond donors (Lipinski definition) is 1. The molecular weight excluding hydrogens is 268 g/mol. The third-order valence-electron chi connectivity index (χ3n) is 3.79. The molecule has 1 unspecified atom stereocenters. The van der Waals surface area contributed by atoms with Crippen LogP contribution in [0.25, 0.3) is 5.65 Å². The average molecular weight is 288 g/mol. The van der Waals surface area contributed by atoms with Crippen LogP contribution in [0.15, 0.2) is 30.6 Å². The molecular formula is C15H20N4O2. The summed E-state index contributed by atoms with van der Waals surface area (Å²) in [5.74, 6) is -0.125. The van der Waals surface area contributed by atoms with E-state index in [0.29, 0.717) is 18.3 Å². The van der Waals surface area contributed by atoms with Gasteiger partial charge in [0.2, 0.25) is 0 Å². The molecule has 2 aromatic rings. The number of carbonyl (C=O) groups excluding carboxylic acids is 1. The smallest absolute Gasteiger partial charge is 0.271 e. The van der Waals surface area contributed by atoms with Crippen LogP contribution in [0.3, 0.4) is 0 Å². The number of amides is 1. The Balaban J connectivity index is 1.54. The Morgan fingerprint density at radius 1 is 1.52 bits per heavy atom. The second-order valence-electron chi connectivity index (χ2n) is 5.31. The van der Waals surface area contributed by atoms with Crippen molar-refractivity contribution in [2.45, 2.75) is 13.0 Å². The molecule has 6 heteroatoms. The maximum absolute atomic E-state index is 12.1. The Bertz CT molecular complexity index is 592. The molecule has 112 valence electrons. The summed E-state index contributed by atoms with van der Waals surface area (Å²) in [4.78, 5) is 18.7. The minimum absolute atomic E-state index is 0.125. The van der Waals surface area contributed by atoms with Crippen molar-refractivity contribution in [3.63, 3.8) is 0 Å². The van der Waals surface area contributed by atoms with Crippen LogP contribution in [0.5, 0.6) is 0 Å². The summed E-state index contributed by atoms with van der Waals surface area (Å²) in [5, 5.41) is 2.93. The second-order valence-corrected chi connectivity index (χ2v) is 5.31. The molecule has 1 saturated heterocycles. The zero-order valence-corrected chi connectivity index (χ0v) is 12.2. The number of fused-ring (bicyclic) bond motifs is 1. The first-order chi connectivity index (χ1) is 10.2. The van der Waals surface area contributed by atoms with E-state index in [4.69, 9.17) is 4.74 Å². The van der Waals surface area contributed by atoms with Gasteiger partial charge in [0.25, 0.3) is 5.91 Å². The first kappa shape index (κ1) is 14.0. The van der Waals surface area contributed by atoms with Gasteiger partial charge in [-0.2, -0.15) is 0 Å². The number of aromatic nitrogens is 2. The lowest BCUT2D eigenvalue weighted by Gasteiger charge is -2.33. The van der Waals surface area contributed by atoms with Gasteiger partial charge < -0.3 is 14.5 Å². The molecule has 0 aromatic carbocycles. The topological polar surface area (TPSA) is 58.9 Å². The fourth-order valence-electron chi connectivity index (χ4n) is 2.54. The Hall–Kier alpha value is -1.92. The van der Waals surface area contributed by atoms with Crippen LogP contribution in [0.2, 0.25) is 0 Å². The van der Waals surface area contributed by atoms with Crippen molar-refractivity contribution in [1.82, 2.24) is 19.6 Å². The molecule has 3 rings (SSSR count). The summed E-state index contributed by atoms with van der Waals surface area (Å²) in [6.07, 6.45) is 3.64. The average Bonchev–Trinajstić information content (AvgIpc) is 2.93. The van der Waals surface area contributed by atoms with Crippen LogP contribution in [0.1, 0.15) is 17.4 Å². The van der Waals surface area contributed by atoms with Crippen LogP contribution < -0.4 is 5.32 Å². The normalized spacial score (nSPS) is 19.8. The molecule has 6 nitrogen and oxygen atoms in total. The molecule has 0 bridgehead atoms. The predicted molar refractivity (Wildman–Crippen MR) is 79.4 cm³/mol. The molecule has 1 aliphatic rings. The van der Waals surface area contributed by atoms with Gasteiger partial charge in [0.05, 0.1) is 13.2 Å². The van der Waals surface area contributed by atoms with Crippen LogP contribution in [-0.2, 0) is 4.74 Å². The number of nitrogens with one attached hydrogen (secondary N) is 1. The van der Waals surface area contributed by atoms with Crippen LogP contribution in [-0.4, -0.2) is 59.1 Å². The van der Waals surface area contributed by atoms with Crippen molar-refractivity contribution < 1.29 is 9.53 Å². The van der Waals surface area contributed by atoms with Crippen molar-refractivity contribution in [2.24, 2.45) is 0 Å². The van der Waals surface area contributed by atoms with Gasteiger partial charge in [-0.05, 0) is 19.1 Å². The lowest BCUT2D eigenvalue weighted by atomic mass is 10.2. The second kappa shape index (κ2) is 6.24. The number of nitrogens with zero attached hydrogens (tertiary/aromatic N) is 3. The highest BCUT2D eigenvalue weighted by molar-refractivity contribution is 5.92. The number of rotatable bonds is 4. The number of pyridine rings is 1. The van der Waals surface area contributed by atoms with Crippen LogP contribution >= 0.6 is 0 Å². The Labute approximate surface area is 123 Å². The molecule has 2 aromatic heterocycles. The van der Waals surface area contributed by atoms with E-state index in [1.807, 2.05) is 28.8 Å². The van der Waals surface area contributed by atoms with Gasteiger partial charge in [-0.15, -0.1) is 0 Å². The number of carbonyl (C=O) groups is 1. The molecule has 0 saturated carbocycles. The number of ether oxygens (including phenoxy) is 1. The molecule has 0 aliphatic carbocycles. The zero-order chi connectivity index (χ0) is 14.7.